The second kappa shape index (κ2) is 9.14. The van der Waals surface area contributed by atoms with Crippen LogP contribution in [-0.4, -0.2) is 31.8 Å². The molecule has 10 heteroatoms. The molecule has 1 aromatic heterocycles. The maximum atomic E-state index is 13.1. The average molecular weight is 491 g/mol. The minimum Gasteiger partial charge on any atom is -0.356 e. The summed E-state index contributed by atoms with van der Waals surface area (Å²) < 4.78 is 28.2. The van der Waals surface area contributed by atoms with E-state index in [1.54, 1.807) is 49.5 Å². The highest BCUT2D eigenvalue weighted by Crippen LogP contribution is 2.23. The topological polar surface area (TPSA) is 111 Å². The Morgan fingerprint density at radius 2 is 1.70 bits per heavy atom. The second-order valence-corrected chi connectivity index (χ2v) is 8.95. The molecule has 2 aromatic carbocycles. The van der Waals surface area contributed by atoms with E-state index in [9.17, 15) is 18.0 Å². The number of sulfonamides is 1. The molecule has 0 unspecified atom stereocenters. The second-order valence-electron chi connectivity index (χ2n) is 6.17. The van der Waals surface area contributed by atoms with E-state index in [0.29, 0.717) is 10.2 Å². The van der Waals surface area contributed by atoms with E-state index in [1.165, 1.54) is 28.6 Å². The van der Waals surface area contributed by atoms with Gasteiger partial charge in [-0.3, -0.25) is 24.7 Å². The zero-order valence-electron chi connectivity index (χ0n) is 15.9. The number of amides is 2. The Bertz CT molecular complexity index is 1160. The van der Waals surface area contributed by atoms with Gasteiger partial charge in [-0.2, -0.15) is 0 Å². The SMILES string of the molecule is CCN(c1ccccc1)S(=O)(=O)c1cccc(C(=O)NNC(=O)c2cc(Br)c[nH]2)c1. The number of halogens is 1. The number of hydrazine groups is 1. The van der Waals surface area contributed by atoms with Gasteiger partial charge in [0.2, 0.25) is 0 Å². The molecule has 0 aliphatic carbocycles. The summed E-state index contributed by atoms with van der Waals surface area (Å²) >= 11 is 3.22. The summed E-state index contributed by atoms with van der Waals surface area (Å²) in [6.45, 7) is 1.96. The number of carbonyl (C=O) groups is 2. The van der Waals surface area contributed by atoms with Crippen molar-refractivity contribution in [1.29, 1.82) is 0 Å². The quantitative estimate of drug-likeness (QED) is 0.461. The first-order chi connectivity index (χ1) is 14.3. The van der Waals surface area contributed by atoms with Crippen molar-refractivity contribution in [3.8, 4) is 0 Å². The lowest BCUT2D eigenvalue weighted by molar-refractivity contribution is 0.0844. The van der Waals surface area contributed by atoms with Crippen molar-refractivity contribution in [2.24, 2.45) is 0 Å². The van der Waals surface area contributed by atoms with Crippen LogP contribution in [-0.2, 0) is 10.0 Å². The van der Waals surface area contributed by atoms with Crippen LogP contribution in [0.3, 0.4) is 0 Å². The summed E-state index contributed by atoms with van der Waals surface area (Å²) in [6, 6.07) is 15.9. The Labute approximate surface area is 182 Å². The molecule has 0 aliphatic heterocycles. The Kier molecular flexibility index (Phi) is 6.58. The van der Waals surface area contributed by atoms with Gasteiger partial charge in [0.15, 0.2) is 0 Å². The molecule has 8 nitrogen and oxygen atoms in total. The summed E-state index contributed by atoms with van der Waals surface area (Å²) in [5.41, 5.74) is 5.42. The largest absolute Gasteiger partial charge is 0.356 e. The molecule has 2 amide bonds. The number of carbonyl (C=O) groups excluding carboxylic acids is 2. The van der Waals surface area contributed by atoms with Crippen LogP contribution in [0.2, 0.25) is 0 Å². The zero-order valence-corrected chi connectivity index (χ0v) is 18.3. The van der Waals surface area contributed by atoms with Crippen LogP contribution in [0, 0.1) is 0 Å². The molecule has 156 valence electrons. The van der Waals surface area contributed by atoms with Gasteiger partial charge in [-0.25, -0.2) is 8.42 Å². The van der Waals surface area contributed by atoms with Gasteiger partial charge in [-0.05, 0) is 59.3 Å². The van der Waals surface area contributed by atoms with Gasteiger partial charge in [-0.1, -0.05) is 24.3 Å². The third kappa shape index (κ3) is 4.71. The van der Waals surface area contributed by atoms with Gasteiger partial charge in [0, 0.05) is 22.8 Å². The third-order valence-electron chi connectivity index (χ3n) is 4.20. The van der Waals surface area contributed by atoms with Crippen molar-refractivity contribution in [2.45, 2.75) is 11.8 Å². The van der Waals surface area contributed by atoms with Crippen molar-refractivity contribution in [1.82, 2.24) is 15.8 Å². The Hall–Kier alpha value is -3.11. The number of rotatable bonds is 6. The highest BCUT2D eigenvalue weighted by atomic mass is 79.9. The van der Waals surface area contributed by atoms with Gasteiger partial charge < -0.3 is 4.98 Å². The first kappa shape index (κ1) is 21.6. The van der Waals surface area contributed by atoms with Crippen LogP contribution in [0.1, 0.15) is 27.8 Å². The van der Waals surface area contributed by atoms with Gasteiger partial charge in [-0.15, -0.1) is 0 Å². The monoisotopic (exact) mass is 490 g/mol. The van der Waals surface area contributed by atoms with Gasteiger partial charge in [0.1, 0.15) is 5.69 Å². The van der Waals surface area contributed by atoms with Crippen molar-refractivity contribution in [3.05, 3.63) is 82.6 Å². The molecular formula is C20H19BrN4O4S. The Morgan fingerprint density at radius 3 is 2.33 bits per heavy atom. The van der Waals surface area contributed by atoms with E-state index >= 15 is 0 Å². The first-order valence-electron chi connectivity index (χ1n) is 8.95. The Balaban J connectivity index is 1.77. The summed E-state index contributed by atoms with van der Waals surface area (Å²) in [4.78, 5) is 27.2. The molecule has 0 spiro atoms. The molecule has 0 saturated carbocycles. The maximum absolute atomic E-state index is 13.1. The zero-order chi connectivity index (χ0) is 21.7. The van der Waals surface area contributed by atoms with Crippen LogP contribution >= 0.6 is 15.9 Å². The van der Waals surface area contributed by atoms with E-state index in [-0.39, 0.29) is 22.7 Å². The Morgan fingerprint density at radius 1 is 1.00 bits per heavy atom. The minimum absolute atomic E-state index is 0.0273. The lowest BCUT2D eigenvalue weighted by Gasteiger charge is -2.23. The number of anilines is 1. The van der Waals surface area contributed by atoms with Crippen LogP contribution in [0.5, 0.6) is 0 Å². The smallest absolute Gasteiger partial charge is 0.286 e. The molecule has 0 atom stereocenters. The number of nitrogens with one attached hydrogen (secondary N) is 3. The predicted octanol–water partition coefficient (Wildman–Crippen LogP) is 3.07. The number of benzene rings is 2. The van der Waals surface area contributed by atoms with E-state index in [1.807, 2.05) is 0 Å². The van der Waals surface area contributed by atoms with E-state index in [0.717, 1.165) is 0 Å². The molecule has 0 saturated heterocycles. The van der Waals surface area contributed by atoms with Crippen molar-refractivity contribution in [3.63, 3.8) is 0 Å². The van der Waals surface area contributed by atoms with Crippen molar-refractivity contribution in [2.75, 3.05) is 10.8 Å². The molecular weight excluding hydrogens is 472 g/mol. The number of H-pyrrole nitrogens is 1. The standard InChI is InChI=1S/C20H19BrN4O4S/c1-2-25(16-8-4-3-5-9-16)30(28,29)17-10-6-7-14(11-17)19(26)23-24-20(27)18-12-15(21)13-22-18/h3-13,22H,2H2,1H3,(H,23,26)(H,24,27). The molecule has 0 bridgehead atoms. The van der Waals surface area contributed by atoms with Crippen LogP contribution in [0.15, 0.2) is 76.2 Å². The lowest BCUT2D eigenvalue weighted by atomic mass is 10.2. The summed E-state index contributed by atoms with van der Waals surface area (Å²) in [5, 5.41) is 0. The highest BCUT2D eigenvalue weighted by molar-refractivity contribution is 9.10. The average Bonchev–Trinajstić information content (AvgIpc) is 3.19. The van der Waals surface area contributed by atoms with Gasteiger partial charge >= 0.3 is 0 Å². The lowest BCUT2D eigenvalue weighted by Crippen LogP contribution is -2.41. The number of hydrogen-bond acceptors (Lipinski definition) is 4. The first-order valence-corrected chi connectivity index (χ1v) is 11.2. The van der Waals surface area contributed by atoms with Crippen molar-refractivity contribution >= 4 is 43.5 Å². The molecule has 3 aromatic rings. The van der Waals surface area contributed by atoms with E-state index in [4.69, 9.17) is 0 Å². The third-order valence-corrected chi connectivity index (χ3v) is 6.55. The fourth-order valence-electron chi connectivity index (χ4n) is 2.76. The number of nitrogens with zero attached hydrogens (tertiary/aromatic N) is 1. The molecule has 3 rings (SSSR count). The van der Waals surface area contributed by atoms with Crippen molar-refractivity contribution < 1.29 is 18.0 Å². The van der Waals surface area contributed by atoms with Gasteiger partial charge in [0.25, 0.3) is 21.8 Å². The number of para-hydroxylation sites is 1. The molecule has 0 radical (unpaired) electrons. The maximum Gasteiger partial charge on any atom is 0.286 e. The minimum atomic E-state index is -3.88. The van der Waals surface area contributed by atoms with E-state index < -0.39 is 21.8 Å². The number of aromatic amines is 1. The molecule has 3 N–H and O–H groups in total. The summed E-state index contributed by atoms with van der Waals surface area (Å²) in [5.74, 6) is -1.19. The molecule has 0 aliphatic rings. The highest BCUT2D eigenvalue weighted by Gasteiger charge is 2.24. The predicted molar refractivity (Wildman–Crippen MR) is 117 cm³/mol. The van der Waals surface area contributed by atoms with Crippen LogP contribution < -0.4 is 15.2 Å². The van der Waals surface area contributed by atoms with E-state index in [2.05, 4.69) is 31.8 Å². The van der Waals surface area contributed by atoms with Crippen LogP contribution in [0.25, 0.3) is 0 Å². The molecule has 1 heterocycles. The van der Waals surface area contributed by atoms with Crippen LogP contribution in [0.4, 0.5) is 5.69 Å². The summed E-state index contributed by atoms with van der Waals surface area (Å²) in [6.07, 6.45) is 1.58. The molecule has 0 fully saturated rings. The fraction of sp³-hybridized carbons (Fsp3) is 0.100. The normalized spacial score (nSPS) is 11.0. The fourth-order valence-corrected chi connectivity index (χ4v) is 4.63. The summed E-state index contributed by atoms with van der Waals surface area (Å²) in [7, 11) is -3.88. The number of aromatic nitrogens is 1. The number of hydrogen-bond donors (Lipinski definition) is 3. The van der Waals surface area contributed by atoms with Gasteiger partial charge in [0.05, 0.1) is 10.6 Å². The molecule has 30 heavy (non-hydrogen) atoms.